The summed E-state index contributed by atoms with van der Waals surface area (Å²) in [6.07, 6.45) is 3.47. The van der Waals surface area contributed by atoms with Crippen molar-refractivity contribution < 1.29 is 5.11 Å². The first-order chi connectivity index (χ1) is 10.1. The molecular weight excluding hydrogens is 256 g/mol. The lowest BCUT2D eigenvalue weighted by Crippen LogP contribution is -2.09. The van der Waals surface area contributed by atoms with E-state index in [9.17, 15) is 5.11 Å². The van der Waals surface area contributed by atoms with Crippen LogP contribution in [0, 0.1) is 20.8 Å². The molecule has 1 saturated carbocycles. The van der Waals surface area contributed by atoms with Crippen LogP contribution in [-0.2, 0) is 0 Å². The smallest absolute Gasteiger partial charge is 0.105 e. The molecule has 1 N–H and O–H groups in total. The summed E-state index contributed by atoms with van der Waals surface area (Å²) in [6, 6.07) is 12.9. The largest absolute Gasteiger partial charge is 0.384 e. The first-order valence-electron chi connectivity index (χ1n) is 7.92. The van der Waals surface area contributed by atoms with Crippen LogP contribution in [0.25, 0.3) is 0 Å². The Labute approximate surface area is 127 Å². The summed E-state index contributed by atoms with van der Waals surface area (Å²) < 4.78 is 0. The molecule has 1 atom stereocenters. The molecule has 110 valence electrons. The summed E-state index contributed by atoms with van der Waals surface area (Å²) in [6.45, 7) is 6.27. The summed E-state index contributed by atoms with van der Waals surface area (Å²) >= 11 is 0. The van der Waals surface area contributed by atoms with E-state index >= 15 is 0 Å². The van der Waals surface area contributed by atoms with Crippen LogP contribution in [0.15, 0.2) is 36.4 Å². The maximum absolute atomic E-state index is 10.7. The molecule has 1 unspecified atom stereocenters. The molecule has 0 radical (unpaired) electrons. The molecule has 0 saturated heterocycles. The van der Waals surface area contributed by atoms with E-state index in [1.165, 1.54) is 41.5 Å². The molecule has 0 amide bonds. The van der Waals surface area contributed by atoms with Crippen molar-refractivity contribution in [3.05, 3.63) is 69.8 Å². The van der Waals surface area contributed by atoms with Gasteiger partial charge in [0, 0.05) is 0 Å². The minimum atomic E-state index is -0.527. The highest BCUT2D eigenvalue weighted by Gasteiger charge is 2.20. The fourth-order valence-electron chi connectivity index (χ4n) is 3.48. The van der Waals surface area contributed by atoms with Gasteiger partial charge in [-0.1, -0.05) is 48.4 Å². The molecule has 1 heteroatoms. The van der Waals surface area contributed by atoms with E-state index in [1.807, 2.05) is 0 Å². The Kier molecular flexibility index (Phi) is 3.86. The fourth-order valence-corrected chi connectivity index (χ4v) is 3.48. The summed E-state index contributed by atoms with van der Waals surface area (Å²) in [4.78, 5) is 0. The molecule has 1 aliphatic carbocycles. The summed E-state index contributed by atoms with van der Waals surface area (Å²) in [5.74, 6) is 0.749. The molecule has 21 heavy (non-hydrogen) atoms. The quantitative estimate of drug-likeness (QED) is 0.842. The van der Waals surface area contributed by atoms with Gasteiger partial charge in [0.15, 0.2) is 0 Å². The average Bonchev–Trinajstić information content (AvgIpc) is 2.36. The maximum Gasteiger partial charge on any atom is 0.105 e. The van der Waals surface area contributed by atoms with Gasteiger partial charge in [-0.05, 0) is 67.3 Å². The molecule has 0 aliphatic heterocycles. The third-order valence-electron chi connectivity index (χ3n) is 4.84. The van der Waals surface area contributed by atoms with Crippen LogP contribution in [0.4, 0.5) is 0 Å². The van der Waals surface area contributed by atoms with Crippen molar-refractivity contribution in [3.63, 3.8) is 0 Å². The van der Waals surface area contributed by atoms with Gasteiger partial charge in [0.25, 0.3) is 0 Å². The summed E-state index contributed by atoms with van der Waals surface area (Å²) in [7, 11) is 0. The first-order valence-corrected chi connectivity index (χ1v) is 7.92. The van der Waals surface area contributed by atoms with E-state index in [4.69, 9.17) is 0 Å². The van der Waals surface area contributed by atoms with Crippen LogP contribution in [0.1, 0.15) is 64.7 Å². The minimum Gasteiger partial charge on any atom is -0.384 e. The number of hydrogen-bond acceptors (Lipinski definition) is 1. The number of hydrogen-bond donors (Lipinski definition) is 1. The lowest BCUT2D eigenvalue weighted by atomic mass is 9.79. The zero-order valence-corrected chi connectivity index (χ0v) is 13.2. The van der Waals surface area contributed by atoms with Crippen molar-refractivity contribution in [3.8, 4) is 0 Å². The van der Waals surface area contributed by atoms with Crippen molar-refractivity contribution >= 4 is 0 Å². The highest BCUT2D eigenvalue weighted by Crippen LogP contribution is 2.37. The van der Waals surface area contributed by atoms with Crippen LogP contribution in [0.2, 0.25) is 0 Å². The van der Waals surface area contributed by atoms with Gasteiger partial charge in [0.2, 0.25) is 0 Å². The highest BCUT2D eigenvalue weighted by molar-refractivity contribution is 5.43. The lowest BCUT2D eigenvalue weighted by Gasteiger charge is -2.26. The van der Waals surface area contributed by atoms with E-state index in [0.29, 0.717) is 0 Å². The van der Waals surface area contributed by atoms with Crippen molar-refractivity contribution in [1.82, 2.24) is 0 Å². The standard InChI is InChI=1S/C20H24O/c1-13-11-14(2)19(15(3)12-13)20(21)18-9-7-17(8-10-18)16-5-4-6-16/h7-12,16,20-21H,4-6H2,1-3H3. The Morgan fingerprint density at radius 2 is 1.52 bits per heavy atom. The topological polar surface area (TPSA) is 20.2 Å². The van der Waals surface area contributed by atoms with E-state index < -0.39 is 6.10 Å². The Bertz CT molecular complexity index is 612. The molecule has 1 aliphatic rings. The second-order valence-corrected chi connectivity index (χ2v) is 6.51. The molecule has 2 aromatic rings. The Morgan fingerprint density at radius 1 is 0.952 bits per heavy atom. The zero-order chi connectivity index (χ0) is 15.0. The number of rotatable bonds is 3. The second-order valence-electron chi connectivity index (χ2n) is 6.51. The van der Waals surface area contributed by atoms with Gasteiger partial charge in [-0.25, -0.2) is 0 Å². The van der Waals surface area contributed by atoms with Crippen molar-refractivity contribution in [2.24, 2.45) is 0 Å². The van der Waals surface area contributed by atoms with Crippen LogP contribution in [0.3, 0.4) is 0 Å². The van der Waals surface area contributed by atoms with Crippen LogP contribution in [0.5, 0.6) is 0 Å². The zero-order valence-electron chi connectivity index (χ0n) is 13.2. The average molecular weight is 280 g/mol. The number of benzene rings is 2. The monoisotopic (exact) mass is 280 g/mol. The normalized spacial score (nSPS) is 16.6. The van der Waals surface area contributed by atoms with Gasteiger partial charge >= 0.3 is 0 Å². The molecule has 0 bridgehead atoms. The summed E-state index contributed by atoms with van der Waals surface area (Å²) in [5, 5.41) is 10.7. The molecular formula is C20H24O. The summed E-state index contributed by atoms with van der Waals surface area (Å²) in [5.41, 5.74) is 7.06. The third-order valence-corrected chi connectivity index (χ3v) is 4.84. The molecule has 1 nitrogen and oxygen atoms in total. The van der Waals surface area contributed by atoms with E-state index in [1.54, 1.807) is 0 Å². The highest BCUT2D eigenvalue weighted by atomic mass is 16.3. The van der Waals surface area contributed by atoms with Gasteiger partial charge in [0.1, 0.15) is 6.10 Å². The van der Waals surface area contributed by atoms with E-state index in [2.05, 4.69) is 57.2 Å². The van der Waals surface area contributed by atoms with Crippen molar-refractivity contribution in [2.75, 3.05) is 0 Å². The first kappa shape index (κ1) is 14.3. The maximum atomic E-state index is 10.7. The van der Waals surface area contributed by atoms with Crippen molar-refractivity contribution in [1.29, 1.82) is 0 Å². The molecule has 1 fully saturated rings. The van der Waals surface area contributed by atoms with Gasteiger partial charge in [0.05, 0.1) is 0 Å². The van der Waals surface area contributed by atoms with Crippen molar-refractivity contribution in [2.45, 2.75) is 52.1 Å². The molecule has 0 heterocycles. The number of aliphatic hydroxyl groups excluding tert-OH is 1. The van der Waals surface area contributed by atoms with Crippen LogP contribution in [-0.4, -0.2) is 5.11 Å². The fraction of sp³-hybridized carbons (Fsp3) is 0.400. The van der Waals surface area contributed by atoms with Crippen LogP contribution >= 0.6 is 0 Å². The minimum absolute atomic E-state index is 0.527. The van der Waals surface area contributed by atoms with Gasteiger partial charge in [-0.2, -0.15) is 0 Å². The number of aryl methyl sites for hydroxylation is 3. The Morgan fingerprint density at radius 3 is 2.00 bits per heavy atom. The lowest BCUT2D eigenvalue weighted by molar-refractivity contribution is 0.218. The molecule has 3 rings (SSSR count). The van der Waals surface area contributed by atoms with E-state index in [0.717, 1.165) is 17.0 Å². The number of aliphatic hydroxyl groups is 1. The Balaban J connectivity index is 1.89. The van der Waals surface area contributed by atoms with Crippen LogP contribution < -0.4 is 0 Å². The predicted octanol–water partition coefficient (Wildman–Crippen LogP) is 4.96. The molecule has 0 spiro atoms. The molecule has 2 aromatic carbocycles. The predicted molar refractivity (Wildman–Crippen MR) is 87.7 cm³/mol. The van der Waals surface area contributed by atoms with Gasteiger partial charge < -0.3 is 5.11 Å². The second kappa shape index (κ2) is 5.65. The van der Waals surface area contributed by atoms with Gasteiger partial charge in [-0.3, -0.25) is 0 Å². The molecule has 0 aromatic heterocycles. The van der Waals surface area contributed by atoms with Gasteiger partial charge in [-0.15, -0.1) is 0 Å². The SMILES string of the molecule is Cc1cc(C)c(C(O)c2ccc(C3CCC3)cc2)c(C)c1. The third kappa shape index (κ3) is 2.75. The Hall–Kier alpha value is -1.60. The van der Waals surface area contributed by atoms with E-state index in [-0.39, 0.29) is 0 Å².